The molecule has 0 saturated heterocycles. The van der Waals surface area contributed by atoms with Crippen molar-refractivity contribution in [1.82, 2.24) is 5.32 Å². The molecule has 0 aliphatic heterocycles. The summed E-state index contributed by atoms with van der Waals surface area (Å²) in [5.74, 6) is 0.494. The molecule has 3 aromatic rings. The summed E-state index contributed by atoms with van der Waals surface area (Å²) in [6.07, 6.45) is 2.84. The summed E-state index contributed by atoms with van der Waals surface area (Å²) in [4.78, 5) is 10.9. The number of ether oxygens (including phenoxy) is 2. The lowest BCUT2D eigenvalue weighted by Crippen LogP contribution is -2.33. The van der Waals surface area contributed by atoms with E-state index in [1.165, 1.54) is 23.3 Å². The molecule has 1 aliphatic rings. The van der Waals surface area contributed by atoms with Crippen LogP contribution in [0.1, 0.15) is 71.4 Å². The van der Waals surface area contributed by atoms with Crippen molar-refractivity contribution in [3.63, 3.8) is 0 Å². The van der Waals surface area contributed by atoms with Gasteiger partial charge in [-0.05, 0) is 102 Å². The number of phenolic OH excluding ortho intramolecular Hbond substituents is 1. The van der Waals surface area contributed by atoms with Gasteiger partial charge >= 0.3 is 6.16 Å². The summed E-state index contributed by atoms with van der Waals surface area (Å²) < 4.78 is 11.0. The van der Waals surface area contributed by atoms with Crippen LogP contribution in [0, 0.1) is 0 Å². The average Bonchev–Trinajstić information content (AvgIpc) is 2.90. The van der Waals surface area contributed by atoms with Gasteiger partial charge in [0, 0.05) is 5.56 Å². The van der Waals surface area contributed by atoms with Crippen LogP contribution < -0.4 is 14.8 Å². The lowest BCUT2D eigenvalue weighted by molar-refractivity contribution is 0.143. The van der Waals surface area contributed by atoms with Gasteiger partial charge < -0.3 is 25.0 Å². The number of rotatable bonds is 10. The van der Waals surface area contributed by atoms with Crippen molar-refractivity contribution >= 4 is 6.16 Å². The second-order valence-corrected chi connectivity index (χ2v) is 11.7. The minimum absolute atomic E-state index is 0.0796. The fraction of sp³-hybridized carbons (Fsp3) is 0.424. The Bertz CT molecular complexity index is 1330. The van der Waals surface area contributed by atoms with E-state index >= 15 is 0 Å². The van der Waals surface area contributed by atoms with E-state index in [4.69, 9.17) is 9.84 Å². The van der Waals surface area contributed by atoms with Crippen LogP contribution in [0.2, 0.25) is 0 Å². The largest absolute Gasteiger partial charge is 0.511 e. The molecule has 208 valence electrons. The Morgan fingerprint density at radius 3 is 2.15 bits per heavy atom. The molecule has 0 unspecified atom stereocenters. The molecule has 0 spiro atoms. The summed E-state index contributed by atoms with van der Waals surface area (Å²) >= 11 is 0. The second-order valence-electron chi connectivity index (χ2n) is 11.7. The highest BCUT2D eigenvalue weighted by molar-refractivity contribution is 5.79. The van der Waals surface area contributed by atoms with Crippen LogP contribution in [-0.2, 0) is 10.8 Å². The first-order valence-electron chi connectivity index (χ1n) is 13.9. The van der Waals surface area contributed by atoms with Gasteiger partial charge in [-0.25, -0.2) is 4.79 Å². The van der Waals surface area contributed by atoms with Crippen molar-refractivity contribution < 1.29 is 24.5 Å². The van der Waals surface area contributed by atoms with Crippen LogP contribution in [0.15, 0.2) is 54.6 Å². The van der Waals surface area contributed by atoms with E-state index in [0.29, 0.717) is 6.61 Å². The minimum Gasteiger partial charge on any atom is -0.504 e. The Hall–Kier alpha value is -3.51. The molecule has 0 aromatic heterocycles. The first-order valence-corrected chi connectivity index (χ1v) is 13.9. The summed E-state index contributed by atoms with van der Waals surface area (Å²) in [6.45, 7) is 14.0. The normalized spacial score (nSPS) is 15.4. The highest BCUT2D eigenvalue weighted by Gasteiger charge is 2.37. The lowest BCUT2D eigenvalue weighted by atomic mass is 9.63. The molecule has 0 atom stereocenters. The van der Waals surface area contributed by atoms with Crippen LogP contribution >= 0.6 is 0 Å². The van der Waals surface area contributed by atoms with Gasteiger partial charge in [0.05, 0.1) is 6.61 Å². The van der Waals surface area contributed by atoms with Crippen molar-refractivity contribution in [1.29, 1.82) is 0 Å². The Morgan fingerprint density at radius 2 is 1.49 bits per heavy atom. The van der Waals surface area contributed by atoms with Gasteiger partial charge in [0.25, 0.3) is 0 Å². The zero-order valence-corrected chi connectivity index (χ0v) is 23.8. The van der Waals surface area contributed by atoms with E-state index < -0.39 is 6.16 Å². The SMILES string of the molecule is CCCNCCCOc1ccc(-c2ccc(OC(=O)O)c(O)c2)cc1-c1ccc2c(c1)C(C)(C)CCC2(C)C. The Morgan fingerprint density at radius 1 is 0.846 bits per heavy atom. The number of fused-ring (bicyclic) bond motifs is 1. The molecule has 0 amide bonds. The lowest BCUT2D eigenvalue weighted by Gasteiger charge is -2.42. The molecule has 0 bridgehead atoms. The Balaban J connectivity index is 1.73. The molecule has 0 saturated carbocycles. The van der Waals surface area contributed by atoms with Gasteiger partial charge in [-0.2, -0.15) is 0 Å². The first-order chi connectivity index (χ1) is 18.5. The standard InChI is InChI=1S/C33H41NO5/c1-6-16-34-17-7-18-38-29-12-9-22(23-10-13-30(28(35)21-23)39-31(36)37)19-25(29)24-8-11-26-27(20-24)33(4,5)15-14-32(26,2)3/h8-13,19-21,34-35H,6-7,14-18H2,1-5H3,(H,36,37). The van der Waals surface area contributed by atoms with Crippen LogP contribution in [-0.4, -0.2) is 36.1 Å². The fourth-order valence-electron chi connectivity index (χ4n) is 5.38. The topological polar surface area (TPSA) is 88.0 Å². The highest BCUT2D eigenvalue weighted by Crippen LogP contribution is 2.47. The number of phenols is 1. The van der Waals surface area contributed by atoms with E-state index in [2.05, 4.69) is 68.9 Å². The molecule has 1 aliphatic carbocycles. The van der Waals surface area contributed by atoms with E-state index in [1.807, 2.05) is 12.1 Å². The van der Waals surface area contributed by atoms with Crippen molar-refractivity contribution in [2.24, 2.45) is 0 Å². The first kappa shape index (κ1) is 28.5. The second kappa shape index (κ2) is 11.7. The monoisotopic (exact) mass is 531 g/mol. The third-order valence-corrected chi connectivity index (χ3v) is 7.82. The van der Waals surface area contributed by atoms with Crippen LogP contribution in [0.3, 0.4) is 0 Å². The maximum atomic E-state index is 10.9. The summed E-state index contributed by atoms with van der Waals surface area (Å²) in [6, 6.07) is 17.6. The van der Waals surface area contributed by atoms with Crippen molar-refractivity contribution in [3.8, 4) is 39.5 Å². The summed E-state index contributed by atoms with van der Waals surface area (Å²) in [5, 5.41) is 22.7. The number of hydrogen-bond acceptors (Lipinski definition) is 5. The van der Waals surface area contributed by atoms with Gasteiger partial charge in [-0.3, -0.25) is 0 Å². The zero-order valence-electron chi connectivity index (χ0n) is 23.8. The Labute approximate surface area is 232 Å². The molecule has 4 rings (SSSR count). The van der Waals surface area contributed by atoms with Crippen molar-refractivity contribution in [2.45, 2.75) is 71.1 Å². The molecule has 0 radical (unpaired) electrons. The molecule has 0 fully saturated rings. The number of nitrogens with one attached hydrogen (secondary N) is 1. The van der Waals surface area contributed by atoms with Crippen LogP contribution in [0.5, 0.6) is 17.2 Å². The molecule has 39 heavy (non-hydrogen) atoms. The van der Waals surface area contributed by atoms with Gasteiger partial charge in [-0.15, -0.1) is 0 Å². The van der Waals surface area contributed by atoms with Gasteiger partial charge in [0.1, 0.15) is 5.75 Å². The molecule has 3 aromatic carbocycles. The quantitative estimate of drug-likeness (QED) is 0.140. The van der Waals surface area contributed by atoms with Gasteiger partial charge in [-0.1, -0.05) is 65.0 Å². The summed E-state index contributed by atoms with van der Waals surface area (Å²) in [5.41, 5.74) is 6.71. The van der Waals surface area contributed by atoms with Gasteiger partial charge in [0.15, 0.2) is 11.5 Å². The third-order valence-electron chi connectivity index (χ3n) is 7.82. The number of aromatic hydroxyl groups is 1. The predicted molar refractivity (Wildman–Crippen MR) is 156 cm³/mol. The molecule has 3 N–H and O–H groups in total. The van der Waals surface area contributed by atoms with Crippen molar-refractivity contribution in [2.75, 3.05) is 19.7 Å². The maximum absolute atomic E-state index is 10.9. The molecule has 0 heterocycles. The third kappa shape index (κ3) is 6.56. The highest BCUT2D eigenvalue weighted by atomic mass is 16.7. The smallest absolute Gasteiger partial charge is 0.504 e. The molecular weight excluding hydrogens is 490 g/mol. The maximum Gasteiger partial charge on any atom is 0.511 e. The summed E-state index contributed by atoms with van der Waals surface area (Å²) in [7, 11) is 0. The van der Waals surface area contributed by atoms with E-state index in [1.54, 1.807) is 6.07 Å². The number of hydrogen-bond donors (Lipinski definition) is 3. The van der Waals surface area contributed by atoms with Crippen molar-refractivity contribution in [3.05, 3.63) is 65.7 Å². The van der Waals surface area contributed by atoms with Crippen LogP contribution in [0.25, 0.3) is 22.3 Å². The number of benzene rings is 3. The molecular formula is C33H41NO5. The van der Waals surface area contributed by atoms with Gasteiger partial charge in [0.2, 0.25) is 0 Å². The average molecular weight is 532 g/mol. The van der Waals surface area contributed by atoms with E-state index in [0.717, 1.165) is 66.8 Å². The van der Waals surface area contributed by atoms with Crippen LogP contribution in [0.4, 0.5) is 4.79 Å². The number of carboxylic acid groups (broad SMARTS) is 1. The molecule has 6 nitrogen and oxygen atoms in total. The Kier molecular flexibility index (Phi) is 8.55. The van der Waals surface area contributed by atoms with E-state index in [-0.39, 0.29) is 22.3 Å². The number of carbonyl (C=O) groups is 1. The fourth-order valence-corrected chi connectivity index (χ4v) is 5.38. The van der Waals surface area contributed by atoms with E-state index in [9.17, 15) is 9.90 Å². The minimum atomic E-state index is -1.47. The predicted octanol–water partition coefficient (Wildman–Crippen LogP) is 7.90. The zero-order chi connectivity index (χ0) is 28.2. The molecule has 6 heteroatoms.